The second-order valence-electron chi connectivity index (χ2n) is 5.66. The summed E-state index contributed by atoms with van der Waals surface area (Å²) in [7, 11) is -3.65. The first kappa shape index (κ1) is 19.9. The van der Waals surface area contributed by atoms with Crippen LogP contribution in [-0.4, -0.2) is 45.5 Å². The van der Waals surface area contributed by atoms with Crippen LogP contribution in [0.5, 0.6) is 0 Å². The Kier molecular flexibility index (Phi) is 7.17. The number of esters is 1. The molecule has 0 heterocycles. The van der Waals surface area contributed by atoms with Gasteiger partial charge < -0.3 is 9.64 Å². The van der Waals surface area contributed by atoms with Gasteiger partial charge in [-0.1, -0.05) is 32.0 Å². The predicted molar refractivity (Wildman–Crippen MR) is 102 cm³/mol. The van der Waals surface area contributed by atoms with Crippen LogP contribution in [0.3, 0.4) is 0 Å². The van der Waals surface area contributed by atoms with Crippen LogP contribution in [0.2, 0.25) is 0 Å². The first-order chi connectivity index (χ1) is 12.5. The molecule has 26 heavy (non-hydrogen) atoms. The Morgan fingerprint density at radius 1 is 1.00 bits per heavy atom. The predicted octanol–water partition coefficient (Wildman–Crippen LogP) is 2.99. The summed E-state index contributed by atoms with van der Waals surface area (Å²) in [6, 6.07) is 14.3. The number of nitrogens with one attached hydrogen (secondary N) is 1. The first-order valence-electron chi connectivity index (χ1n) is 8.53. The maximum Gasteiger partial charge on any atom is 0.338 e. The fourth-order valence-electron chi connectivity index (χ4n) is 2.38. The molecule has 0 atom stereocenters. The second-order valence-corrected chi connectivity index (χ2v) is 7.34. The molecular weight excluding hydrogens is 352 g/mol. The van der Waals surface area contributed by atoms with Crippen molar-refractivity contribution in [2.45, 2.75) is 18.7 Å². The van der Waals surface area contributed by atoms with Crippen LogP contribution >= 0.6 is 0 Å². The van der Waals surface area contributed by atoms with Gasteiger partial charge in [-0.05, 0) is 49.5 Å². The second kappa shape index (κ2) is 9.35. The van der Waals surface area contributed by atoms with Gasteiger partial charge in [-0.3, -0.25) is 4.72 Å². The monoisotopic (exact) mass is 376 g/mol. The van der Waals surface area contributed by atoms with E-state index in [4.69, 9.17) is 4.74 Å². The minimum atomic E-state index is -3.65. The van der Waals surface area contributed by atoms with Crippen molar-refractivity contribution in [1.29, 1.82) is 0 Å². The number of likely N-dealkylation sites (N-methyl/N-ethyl adjacent to an activating group) is 1. The van der Waals surface area contributed by atoms with Crippen LogP contribution < -0.4 is 4.72 Å². The van der Waals surface area contributed by atoms with Gasteiger partial charge in [-0.15, -0.1) is 0 Å². The maximum absolute atomic E-state index is 12.3. The van der Waals surface area contributed by atoms with Crippen LogP contribution in [0.1, 0.15) is 24.2 Å². The molecule has 2 aromatic carbocycles. The fraction of sp³-hybridized carbons (Fsp3) is 0.316. The Balaban J connectivity index is 1.94. The van der Waals surface area contributed by atoms with Gasteiger partial charge in [0.2, 0.25) is 0 Å². The van der Waals surface area contributed by atoms with E-state index in [-0.39, 0.29) is 4.90 Å². The Morgan fingerprint density at radius 3 is 2.19 bits per heavy atom. The molecular formula is C19H24N2O4S. The largest absolute Gasteiger partial charge is 0.461 e. The van der Waals surface area contributed by atoms with E-state index in [1.54, 1.807) is 42.5 Å². The topological polar surface area (TPSA) is 75.7 Å². The molecule has 140 valence electrons. The van der Waals surface area contributed by atoms with Gasteiger partial charge in [0, 0.05) is 12.2 Å². The Bertz CT molecular complexity index is 801. The minimum Gasteiger partial charge on any atom is -0.461 e. The van der Waals surface area contributed by atoms with Crippen molar-refractivity contribution in [3.05, 3.63) is 60.2 Å². The van der Waals surface area contributed by atoms with E-state index in [9.17, 15) is 13.2 Å². The molecule has 0 saturated carbocycles. The molecule has 0 bridgehead atoms. The molecule has 0 aliphatic carbocycles. The number of carbonyl (C=O) groups excluding carboxylic acids is 1. The number of rotatable bonds is 9. The van der Waals surface area contributed by atoms with Crippen LogP contribution in [-0.2, 0) is 14.8 Å². The molecule has 0 aliphatic heterocycles. The molecule has 0 aromatic heterocycles. The van der Waals surface area contributed by atoms with E-state index in [0.717, 1.165) is 13.1 Å². The Hall–Kier alpha value is -2.38. The van der Waals surface area contributed by atoms with Crippen molar-refractivity contribution >= 4 is 21.7 Å². The van der Waals surface area contributed by atoms with Gasteiger partial charge in [0.05, 0.1) is 10.5 Å². The SMILES string of the molecule is CCN(CC)CCOC(=O)c1ccc(NS(=O)(=O)c2ccccc2)cc1. The molecule has 2 aromatic rings. The van der Waals surface area contributed by atoms with Crippen LogP contribution in [0.4, 0.5) is 5.69 Å². The van der Waals surface area contributed by atoms with Crippen LogP contribution in [0, 0.1) is 0 Å². The third-order valence-electron chi connectivity index (χ3n) is 3.96. The lowest BCUT2D eigenvalue weighted by molar-refractivity contribution is 0.0466. The summed E-state index contributed by atoms with van der Waals surface area (Å²) in [5.41, 5.74) is 0.765. The summed E-state index contributed by atoms with van der Waals surface area (Å²) in [6.45, 7) is 6.94. The smallest absolute Gasteiger partial charge is 0.338 e. The van der Waals surface area contributed by atoms with Crippen LogP contribution in [0.15, 0.2) is 59.5 Å². The lowest BCUT2D eigenvalue weighted by atomic mass is 10.2. The van der Waals surface area contributed by atoms with Gasteiger partial charge in [-0.25, -0.2) is 13.2 Å². The van der Waals surface area contributed by atoms with Gasteiger partial charge >= 0.3 is 5.97 Å². The summed E-state index contributed by atoms with van der Waals surface area (Å²) < 4.78 is 32.3. The quantitative estimate of drug-likeness (QED) is 0.681. The maximum atomic E-state index is 12.3. The molecule has 1 N–H and O–H groups in total. The summed E-state index contributed by atoms with van der Waals surface area (Å²) in [5, 5.41) is 0. The van der Waals surface area contributed by atoms with E-state index in [1.807, 2.05) is 0 Å². The van der Waals surface area contributed by atoms with E-state index < -0.39 is 16.0 Å². The lowest BCUT2D eigenvalue weighted by Crippen LogP contribution is -2.27. The van der Waals surface area contributed by atoms with Crippen molar-refractivity contribution < 1.29 is 17.9 Å². The van der Waals surface area contributed by atoms with Crippen molar-refractivity contribution in [3.63, 3.8) is 0 Å². The summed E-state index contributed by atoms with van der Waals surface area (Å²) in [5.74, 6) is -0.422. The molecule has 0 spiro atoms. The number of hydrogen-bond donors (Lipinski definition) is 1. The highest BCUT2D eigenvalue weighted by atomic mass is 32.2. The number of sulfonamides is 1. The van der Waals surface area contributed by atoms with Gasteiger partial charge in [0.1, 0.15) is 6.61 Å². The van der Waals surface area contributed by atoms with E-state index in [1.165, 1.54) is 12.1 Å². The highest BCUT2D eigenvalue weighted by Gasteiger charge is 2.14. The zero-order valence-electron chi connectivity index (χ0n) is 15.0. The molecule has 2 rings (SSSR count). The number of benzene rings is 2. The molecule has 0 amide bonds. The average molecular weight is 376 g/mol. The van der Waals surface area contributed by atoms with E-state index in [0.29, 0.717) is 24.4 Å². The lowest BCUT2D eigenvalue weighted by Gasteiger charge is -2.17. The van der Waals surface area contributed by atoms with Crippen molar-refractivity contribution in [3.8, 4) is 0 Å². The molecule has 0 saturated heterocycles. The summed E-state index contributed by atoms with van der Waals surface area (Å²) in [4.78, 5) is 14.4. The highest BCUT2D eigenvalue weighted by Crippen LogP contribution is 2.16. The third kappa shape index (κ3) is 5.57. The molecule has 0 unspecified atom stereocenters. The minimum absolute atomic E-state index is 0.180. The molecule has 7 heteroatoms. The zero-order valence-corrected chi connectivity index (χ0v) is 15.8. The Morgan fingerprint density at radius 2 is 1.62 bits per heavy atom. The van der Waals surface area contributed by atoms with Crippen molar-refractivity contribution in [2.75, 3.05) is 31.0 Å². The number of nitrogens with zero attached hydrogens (tertiary/aromatic N) is 1. The fourth-order valence-corrected chi connectivity index (χ4v) is 3.46. The van der Waals surface area contributed by atoms with Crippen molar-refractivity contribution in [2.24, 2.45) is 0 Å². The van der Waals surface area contributed by atoms with Gasteiger partial charge in [0.15, 0.2) is 0 Å². The zero-order chi connectivity index (χ0) is 19.0. The third-order valence-corrected chi connectivity index (χ3v) is 5.36. The van der Waals surface area contributed by atoms with E-state index in [2.05, 4.69) is 23.5 Å². The molecule has 0 fully saturated rings. The first-order valence-corrected chi connectivity index (χ1v) is 10.0. The number of carbonyl (C=O) groups is 1. The molecule has 6 nitrogen and oxygen atoms in total. The molecule has 0 aliphatic rings. The van der Waals surface area contributed by atoms with Gasteiger partial charge in [-0.2, -0.15) is 0 Å². The van der Waals surface area contributed by atoms with E-state index >= 15 is 0 Å². The number of hydrogen-bond acceptors (Lipinski definition) is 5. The Labute approximate surface area is 154 Å². The standard InChI is InChI=1S/C19H24N2O4S/c1-3-21(4-2)14-15-25-19(22)16-10-12-17(13-11-16)20-26(23,24)18-8-6-5-7-9-18/h5-13,20H,3-4,14-15H2,1-2H3. The van der Waals surface area contributed by atoms with Crippen molar-refractivity contribution in [1.82, 2.24) is 4.90 Å². The molecule has 0 radical (unpaired) electrons. The summed E-state index contributed by atoms with van der Waals surface area (Å²) >= 11 is 0. The number of anilines is 1. The van der Waals surface area contributed by atoms with Crippen LogP contribution in [0.25, 0.3) is 0 Å². The highest BCUT2D eigenvalue weighted by molar-refractivity contribution is 7.92. The normalized spacial score (nSPS) is 11.3. The average Bonchev–Trinajstić information content (AvgIpc) is 2.66. The van der Waals surface area contributed by atoms with Gasteiger partial charge in [0.25, 0.3) is 10.0 Å². The number of ether oxygens (including phenoxy) is 1. The summed E-state index contributed by atoms with van der Waals surface area (Å²) in [6.07, 6.45) is 0.